The predicted molar refractivity (Wildman–Crippen MR) is 35.2 cm³/mol. The molecule has 0 fully saturated rings. The zero-order valence-electron chi connectivity index (χ0n) is 5.58. The van der Waals surface area contributed by atoms with Crippen molar-refractivity contribution in [2.24, 2.45) is 5.73 Å². The first kappa shape index (κ1) is 9.35. The first-order valence-electron chi connectivity index (χ1n) is 2.97. The molecule has 10 heavy (non-hydrogen) atoms. The first-order chi connectivity index (χ1) is 4.72. The second-order valence-corrected chi connectivity index (χ2v) is 1.80. The van der Waals surface area contributed by atoms with Crippen molar-refractivity contribution in [3.8, 4) is 0 Å². The second kappa shape index (κ2) is 5.16. The van der Waals surface area contributed by atoms with Crippen LogP contribution in [0, 0.1) is 0 Å². The maximum Gasteiger partial charge on any atom is 0.239 e. The van der Waals surface area contributed by atoms with Crippen LogP contribution in [-0.4, -0.2) is 41.9 Å². The number of rotatable bonds is 4. The molecule has 0 bridgehead atoms. The van der Waals surface area contributed by atoms with Crippen LogP contribution in [0.1, 0.15) is 0 Å². The Hall–Kier alpha value is -0.650. The van der Waals surface area contributed by atoms with Crippen LogP contribution in [-0.2, 0) is 4.79 Å². The van der Waals surface area contributed by atoms with Crippen LogP contribution in [0.25, 0.3) is 0 Å². The van der Waals surface area contributed by atoms with Gasteiger partial charge in [-0.1, -0.05) is 0 Å². The first-order valence-corrected chi connectivity index (χ1v) is 2.97. The van der Waals surface area contributed by atoms with E-state index < -0.39 is 11.9 Å². The van der Waals surface area contributed by atoms with E-state index in [0.717, 1.165) is 0 Å². The summed E-state index contributed by atoms with van der Waals surface area (Å²) in [6.07, 6.45) is 0. The standard InChI is InChI=1S/C5H12N2O3/c6-4(3-9)5(10)7-1-2-8/h4,8-9H,1-3,6H2,(H,7,10)/t4-/m0/s1. The highest BCUT2D eigenvalue weighted by Crippen LogP contribution is 1.74. The van der Waals surface area contributed by atoms with Gasteiger partial charge in [0.1, 0.15) is 6.04 Å². The fourth-order valence-corrected chi connectivity index (χ4v) is 0.393. The van der Waals surface area contributed by atoms with Gasteiger partial charge in [-0.25, -0.2) is 0 Å². The van der Waals surface area contributed by atoms with Gasteiger partial charge in [-0.15, -0.1) is 0 Å². The summed E-state index contributed by atoms with van der Waals surface area (Å²) in [5, 5.41) is 18.9. The molecule has 0 saturated heterocycles. The van der Waals surface area contributed by atoms with Crippen molar-refractivity contribution in [1.82, 2.24) is 5.32 Å². The van der Waals surface area contributed by atoms with E-state index in [0.29, 0.717) is 0 Å². The van der Waals surface area contributed by atoms with Gasteiger partial charge in [0.25, 0.3) is 0 Å². The number of nitrogens with two attached hydrogens (primary N) is 1. The second-order valence-electron chi connectivity index (χ2n) is 1.80. The topological polar surface area (TPSA) is 95.6 Å². The Balaban J connectivity index is 3.42. The minimum atomic E-state index is -0.883. The SMILES string of the molecule is N[C@@H](CO)C(=O)NCCO. The van der Waals surface area contributed by atoms with E-state index in [1.54, 1.807) is 0 Å². The molecule has 5 nitrogen and oxygen atoms in total. The highest BCUT2D eigenvalue weighted by atomic mass is 16.3. The van der Waals surface area contributed by atoms with Gasteiger partial charge in [0.2, 0.25) is 5.91 Å². The van der Waals surface area contributed by atoms with Crippen LogP contribution in [0.3, 0.4) is 0 Å². The molecule has 0 unspecified atom stereocenters. The molecule has 60 valence electrons. The molecule has 0 spiro atoms. The van der Waals surface area contributed by atoms with Gasteiger partial charge in [0.05, 0.1) is 13.2 Å². The van der Waals surface area contributed by atoms with E-state index in [1.807, 2.05) is 0 Å². The third-order valence-electron chi connectivity index (χ3n) is 0.945. The maximum absolute atomic E-state index is 10.6. The lowest BCUT2D eigenvalue weighted by Crippen LogP contribution is -2.43. The Morgan fingerprint density at radius 3 is 2.60 bits per heavy atom. The predicted octanol–water partition coefficient (Wildman–Crippen LogP) is -2.59. The van der Waals surface area contributed by atoms with E-state index >= 15 is 0 Å². The van der Waals surface area contributed by atoms with E-state index in [2.05, 4.69) is 5.32 Å². The largest absolute Gasteiger partial charge is 0.395 e. The average Bonchev–Trinajstić information content (AvgIpc) is 1.98. The molecule has 0 aliphatic heterocycles. The van der Waals surface area contributed by atoms with Gasteiger partial charge >= 0.3 is 0 Å². The number of carbonyl (C=O) groups is 1. The molecule has 0 saturated carbocycles. The minimum absolute atomic E-state index is 0.121. The summed E-state index contributed by atoms with van der Waals surface area (Å²) in [5.41, 5.74) is 5.11. The van der Waals surface area contributed by atoms with Crippen molar-refractivity contribution < 1.29 is 15.0 Å². The molecule has 0 aliphatic carbocycles. The van der Waals surface area contributed by atoms with Crippen molar-refractivity contribution >= 4 is 5.91 Å². The number of hydrogen-bond acceptors (Lipinski definition) is 4. The van der Waals surface area contributed by atoms with Crippen LogP contribution in [0.4, 0.5) is 0 Å². The normalized spacial score (nSPS) is 12.7. The number of aliphatic hydroxyl groups excluding tert-OH is 2. The van der Waals surface area contributed by atoms with Crippen LogP contribution in [0.15, 0.2) is 0 Å². The molecule has 1 amide bonds. The lowest BCUT2D eigenvalue weighted by atomic mass is 10.3. The molecule has 0 rings (SSSR count). The van der Waals surface area contributed by atoms with Crippen molar-refractivity contribution in [2.45, 2.75) is 6.04 Å². The van der Waals surface area contributed by atoms with Crippen LogP contribution in [0.2, 0.25) is 0 Å². The summed E-state index contributed by atoms with van der Waals surface area (Å²) in [5.74, 6) is -0.448. The Labute approximate surface area is 58.8 Å². The molecular formula is C5H12N2O3. The molecule has 0 aliphatic rings. The smallest absolute Gasteiger partial charge is 0.239 e. The van der Waals surface area contributed by atoms with E-state index in [4.69, 9.17) is 15.9 Å². The molecule has 0 radical (unpaired) electrons. The van der Waals surface area contributed by atoms with Crippen molar-refractivity contribution in [1.29, 1.82) is 0 Å². The molecule has 0 aromatic heterocycles. The summed E-state index contributed by atoms with van der Waals surface area (Å²) in [4.78, 5) is 10.6. The number of aliphatic hydroxyl groups is 2. The van der Waals surface area contributed by atoms with Gasteiger partial charge in [-0.2, -0.15) is 0 Å². The van der Waals surface area contributed by atoms with Crippen molar-refractivity contribution in [2.75, 3.05) is 19.8 Å². The summed E-state index contributed by atoms with van der Waals surface area (Å²) < 4.78 is 0. The average molecular weight is 148 g/mol. The fourth-order valence-electron chi connectivity index (χ4n) is 0.393. The monoisotopic (exact) mass is 148 g/mol. The molecule has 0 aromatic carbocycles. The summed E-state index contributed by atoms with van der Waals surface area (Å²) >= 11 is 0. The lowest BCUT2D eigenvalue weighted by Gasteiger charge is -2.07. The summed E-state index contributed by atoms with van der Waals surface area (Å²) in [6.45, 7) is -0.326. The third kappa shape index (κ3) is 3.39. The number of carbonyl (C=O) groups excluding carboxylic acids is 1. The van der Waals surface area contributed by atoms with E-state index in [1.165, 1.54) is 0 Å². The van der Waals surface area contributed by atoms with Crippen LogP contribution >= 0.6 is 0 Å². The Kier molecular flexibility index (Phi) is 4.82. The Morgan fingerprint density at radius 2 is 2.20 bits per heavy atom. The lowest BCUT2D eigenvalue weighted by molar-refractivity contribution is -0.123. The zero-order valence-corrected chi connectivity index (χ0v) is 5.58. The number of hydrogen-bond donors (Lipinski definition) is 4. The molecule has 0 heterocycles. The van der Waals surface area contributed by atoms with Crippen molar-refractivity contribution in [3.05, 3.63) is 0 Å². The van der Waals surface area contributed by atoms with Gasteiger partial charge in [-0.3, -0.25) is 4.79 Å². The number of nitrogens with one attached hydrogen (secondary N) is 1. The summed E-state index contributed by atoms with van der Waals surface area (Å²) in [6, 6.07) is -0.883. The fraction of sp³-hybridized carbons (Fsp3) is 0.800. The molecule has 5 N–H and O–H groups in total. The van der Waals surface area contributed by atoms with Crippen molar-refractivity contribution in [3.63, 3.8) is 0 Å². The highest BCUT2D eigenvalue weighted by Gasteiger charge is 2.09. The van der Waals surface area contributed by atoms with Gasteiger partial charge in [0, 0.05) is 6.54 Å². The van der Waals surface area contributed by atoms with Gasteiger partial charge < -0.3 is 21.3 Å². The van der Waals surface area contributed by atoms with Gasteiger partial charge in [0.15, 0.2) is 0 Å². The quantitative estimate of drug-likeness (QED) is 0.352. The van der Waals surface area contributed by atoms with Crippen LogP contribution < -0.4 is 11.1 Å². The molecule has 1 atom stereocenters. The van der Waals surface area contributed by atoms with E-state index in [-0.39, 0.29) is 19.8 Å². The summed E-state index contributed by atoms with van der Waals surface area (Å²) in [7, 11) is 0. The Morgan fingerprint density at radius 1 is 1.60 bits per heavy atom. The molecular weight excluding hydrogens is 136 g/mol. The Bertz CT molecular complexity index is 107. The molecule has 0 aromatic rings. The maximum atomic E-state index is 10.6. The number of amides is 1. The van der Waals surface area contributed by atoms with Crippen LogP contribution in [0.5, 0.6) is 0 Å². The highest BCUT2D eigenvalue weighted by molar-refractivity contribution is 5.81. The van der Waals surface area contributed by atoms with E-state index in [9.17, 15) is 4.79 Å². The third-order valence-corrected chi connectivity index (χ3v) is 0.945. The van der Waals surface area contributed by atoms with Gasteiger partial charge in [-0.05, 0) is 0 Å². The zero-order chi connectivity index (χ0) is 7.98. The molecule has 5 heteroatoms. The minimum Gasteiger partial charge on any atom is -0.395 e.